The lowest BCUT2D eigenvalue weighted by molar-refractivity contribution is 0.437. The monoisotopic (exact) mass is 285 g/mol. The van der Waals surface area contributed by atoms with Gasteiger partial charge in [-0.05, 0) is 11.5 Å². The second-order valence-corrected chi connectivity index (χ2v) is 6.87. The number of rotatable bonds is 7. The molecule has 0 radical (unpaired) electrons. The van der Waals surface area contributed by atoms with Gasteiger partial charge in [-0.25, -0.2) is 4.72 Å². The molecule has 19 heavy (non-hydrogen) atoms. The Morgan fingerprint density at radius 1 is 1.26 bits per heavy atom. The molecule has 5 nitrogen and oxygen atoms in total. The van der Waals surface area contributed by atoms with Crippen LogP contribution in [0.2, 0.25) is 0 Å². The molecule has 0 bridgehead atoms. The third-order valence-corrected chi connectivity index (χ3v) is 4.50. The number of nitrogens with two attached hydrogens (primary N) is 1. The van der Waals surface area contributed by atoms with Crippen LogP contribution in [0, 0.1) is 5.92 Å². The number of benzene rings is 1. The SMILES string of the molecule is CC(C)C(N)CNS(=O)(=O)N(C)Cc1ccccc1. The molecule has 0 aromatic heterocycles. The fourth-order valence-corrected chi connectivity index (χ4v) is 2.42. The number of hydrogen-bond acceptors (Lipinski definition) is 3. The van der Waals surface area contributed by atoms with Crippen LogP contribution in [-0.4, -0.2) is 32.4 Å². The summed E-state index contributed by atoms with van der Waals surface area (Å²) >= 11 is 0. The average molecular weight is 285 g/mol. The maximum atomic E-state index is 12.0. The molecule has 0 aliphatic carbocycles. The van der Waals surface area contributed by atoms with Crippen LogP contribution >= 0.6 is 0 Å². The van der Waals surface area contributed by atoms with Crippen LogP contribution in [0.3, 0.4) is 0 Å². The average Bonchev–Trinajstić information content (AvgIpc) is 2.37. The molecule has 0 aliphatic rings. The molecule has 1 aromatic rings. The Kier molecular flexibility index (Phi) is 5.93. The van der Waals surface area contributed by atoms with E-state index in [1.807, 2.05) is 44.2 Å². The molecular formula is C13H23N3O2S. The topological polar surface area (TPSA) is 75.4 Å². The zero-order chi connectivity index (χ0) is 14.5. The van der Waals surface area contributed by atoms with Crippen LogP contribution in [0.5, 0.6) is 0 Å². The summed E-state index contributed by atoms with van der Waals surface area (Å²) in [5.41, 5.74) is 6.78. The van der Waals surface area contributed by atoms with Crippen LogP contribution in [0.15, 0.2) is 30.3 Å². The highest BCUT2D eigenvalue weighted by molar-refractivity contribution is 7.87. The first kappa shape index (κ1) is 16.1. The molecule has 1 atom stereocenters. The minimum Gasteiger partial charge on any atom is -0.326 e. The summed E-state index contributed by atoms with van der Waals surface area (Å²) in [6, 6.07) is 9.28. The zero-order valence-corrected chi connectivity index (χ0v) is 12.5. The van der Waals surface area contributed by atoms with Gasteiger partial charge < -0.3 is 5.73 Å². The molecule has 1 aromatic carbocycles. The van der Waals surface area contributed by atoms with E-state index in [2.05, 4.69) is 4.72 Å². The Morgan fingerprint density at radius 3 is 2.37 bits per heavy atom. The van der Waals surface area contributed by atoms with E-state index in [1.165, 1.54) is 4.31 Å². The quantitative estimate of drug-likeness (QED) is 0.783. The largest absolute Gasteiger partial charge is 0.326 e. The number of nitrogens with zero attached hydrogens (tertiary/aromatic N) is 1. The Labute approximate surface area is 116 Å². The summed E-state index contributed by atoms with van der Waals surface area (Å²) in [4.78, 5) is 0. The van der Waals surface area contributed by atoms with E-state index < -0.39 is 10.2 Å². The Hall–Kier alpha value is -0.950. The van der Waals surface area contributed by atoms with Crippen molar-refractivity contribution in [1.29, 1.82) is 0 Å². The molecule has 0 saturated carbocycles. The van der Waals surface area contributed by atoms with Crippen molar-refractivity contribution in [2.24, 2.45) is 11.7 Å². The van der Waals surface area contributed by atoms with Gasteiger partial charge in [0.2, 0.25) is 0 Å². The van der Waals surface area contributed by atoms with Gasteiger partial charge in [0.25, 0.3) is 10.2 Å². The van der Waals surface area contributed by atoms with Crippen molar-refractivity contribution in [1.82, 2.24) is 9.03 Å². The highest BCUT2D eigenvalue weighted by atomic mass is 32.2. The molecule has 3 N–H and O–H groups in total. The van der Waals surface area contributed by atoms with Crippen molar-refractivity contribution >= 4 is 10.2 Å². The predicted octanol–water partition coefficient (Wildman–Crippen LogP) is 0.936. The van der Waals surface area contributed by atoms with Gasteiger partial charge >= 0.3 is 0 Å². The highest BCUT2D eigenvalue weighted by Crippen LogP contribution is 2.06. The summed E-state index contributed by atoms with van der Waals surface area (Å²) < 4.78 is 27.9. The van der Waals surface area contributed by atoms with Crippen LogP contribution in [0.25, 0.3) is 0 Å². The number of hydrogen-bond donors (Lipinski definition) is 2. The van der Waals surface area contributed by atoms with Gasteiger partial charge in [0.15, 0.2) is 0 Å². The van der Waals surface area contributed by atoms with Gasteiger partial charge in [0.05, 0.1) is 0 Å². The van der Waals surface area contributed by atoms with Crippen molar-refractivity contribution in [3.05, 3.63) is 35.9 Å². The standard InChI is InChI=1S/C13H23N3O2S/c1-11(2)13(14)9-15-19(17,18)16(3)10-12-7-5-4-6-8-12/h4-8,11,13,15H,9-10,14H2,1-3H3. The highest BCUT2D eigenvalue weighted by Gasteiger charge is 2.19. The van der Waals surface area contributed by atoms with Crippen molar-refractivity contribution in [2.45, 2.75) is 26.4 Å². The molecule has 1 unspecified atom stereocenters. The third-order valence-electron chi connectivity index (χ3n) is 3.02. The fourth-order valence-electron chi connectivity index (χ4n) is 1.47. The Balaban J connectivity index is 2.57. The molecule has 0 amide bonds. The van der Waals surface area contributed by atoms with Crippen molar-refractivity contribution in [3.8, 4) is 0 Å². The van der Waals surface area contributed by atoms with Crippen LogP contribution < -0.4 is 10.5 Å². The van der Waals surface area contributed by atoms with E-state index in [0.717, 1.165) is 5.56 Å². The second kappa shape index (κ2) is 7.00. The minimum absolute atomic E-state index is 0.181. The summed E-state index contributed by atoms with van der Waals surface area (Å²) in [6.07, 6.45) is 0. The van der Waals surface area contributed by atoms with Crippen LogP contribution in [-0.2, 0) is 16.8 Å². The molecule has 6 heteroatoms. The summed E-state index contributed by atoms with van der Waals surface area (Å²) in [7, 11) is -1.93. The predicted molar refractivity (Wildman–Crippen MR) is 77.6 cm³/mol. The smallest absolute Gasteiger partial charge is 0.279 e. The third kappa shape index (κ3) is 5.28. The van der Waals surface area contributed by atoms with E-state index in [1.54, 1.807) is 7.05 Å². The van der Waals surface area contributed by atoms with Crippen molar-refractivity contribution in [3.63, 3.8) is 0 Å². The molecule has 108 valence electrons. The van der Waals surface area contributed by atoms with Gasteiger partial charge in [-0.15, -0.1) is 0 Å². The molecule has 0 fully saturated rings. The van der Waals surface area contributed by atoms with Crippen LogP contribution in [0.1, 0.15) is 19.4 Å². The fraction of sp³-hybridized carbons (Fsp3) is 0.538. The normalized spacial score (nSPS) is 14.0. The maximum absolute atomic E-state index is 12.0. The summed E-state index contributed by atoms with van der Waals surface area (Å²) in [5, 5.41) is 0. The lowest BCUT2D eigenvalue weighted by atomic mass is 10.1. The molecule has 0 spiro atoms. The first-order valence-corrected chi connectivity index (χ1v) is 7.77. The first-order valence-electron chi connectivity index (χ1n) is 6.33. The van der Waals surface area contributed by atoms with Crippen molar-refractivity contribution < 1.29 is 8.42 Å². The van der Waals surface area contributed by atoms with Gasteiger partial charge in [-0.2, -0.15) is 12.7 Å². The van der Waals surface area contributed by atoms with Crippen LogP contribution in [0.4, 0.5) is 0 Å². The summed E-state index contributed by atoms with van der Waals surface area (Å²) in [5.74, 6) is 0.238. The lowest BCUT2D eigenvalue weighted by Crippen LogP contribution is -2.45. The van der Waals surface area contributed by atoms with E-state index >= 15 is 0 Å². The van der Waals surface area contributed by atoms with E-state index in [9.17, 15) is 8.42 Å². The van der Waals surface area contributed by atoms with Crippen molar-refractivity contribution in [2.75, 3.05) is 13.6 Å². The van der Waals surface area contributed by atoms with Gasteiger partial charge in [-0.3, -0.25) is 0 Å². The molecule has 0 saturated heterocycles. The van der Waals surface area contributed by atoms with Gasteiger partial charge in [-0.1, -0.05) is 44.2 Å². The van der Waals surface area contributed by atoms with Gasteiger partial charge in [0.1, 0.15) is 0 Å². The summed E-state index contributed by atoms with van der Waals surface area (Å²) in [6.45, 7) is 4.52. The zero-order valence-electron chi connectivity index (χ0n) is 11.7. The Bertz CT molecular complexity index is 474. The lowest BCUT2D eigenvalue weighted by Gasteiger charge is -2.21. The molecule has 0 aliphatic heterocycles. The molecule has 0 heterocycles. The first-order chi connectivity index (χ1) is 8.83. The molecular weight excluding hydrogens is 262 g/mol. The second-order valence-electron chi connectivity index (χ2n) is 5.00. The minimum atomic E-state index is -3.48. The maximum Gasteiger partial charge on any atom is 0.279 e. The Morgan fingerprint density at radius 2 is 1.84 bits per heavy atom. The van der Waals surface area contributed by atoms with E-state index in [0.29, 0.717) is 6.54 Å². The van der Waals surface area contributed by atoms with Gasteiger partial charge in [0, 0.05) is 26.2 Å². The van der Waals surface area contributed by atoms with E-state index in [4.69, 9.17) is 5.73 Å². The molecule has 1 rings (SSSR count). The van der Waals surface area contributed by atoms with E-state index in [-0.39, 0.29) is 18.5 Å². The number of nitrogens with one attached hydrogen (secondary N) is 1.